The Labute approximate surface area is 167 Å². The Hall–Kier alpha value is -2.82. The third-order valence-electron chi connectivity index (χ3n) is 5.16. The van der Waals surface area contributed by atoms with E-state index in [-0.39, 0.29) is 18.4 Å². The van der Waals surface area contributed by atoms with Gasteiger partial charge in [-0.25, -0.2) is 0 Å². The van der Waals surface area contributed by atoms with Crippen molar-refractivity contribution in [2.45, 2.75) is 33.6 Å². The molecule has 1 aliphatic rings. The van der Waals surface area contributed by atoms with E-state index in [1.807, 2.05) is 55.1 Å². The molecular formula is C23H29N3O2. The van der Waals surface area contributed by atoms with Gasteiger partial charge in [-0.3, -0.25) is 9.59 Å². The number of nitrogens with one attached hydrogen (secondary N) is 2. The maximum absolute atomic E-state index is 12.6. The van der Waals surface area contributed by atoms with Crippen LogP contribution in [-0.4, -0.2) is 36.3 Å². The second-order valence-electron chi connectivity index (χ2n) is 7.83. The van der Waals surface area contributed by atoms with Crippen LogP contribution in [0.3, 0.4) is 0 Å². The zero-order chi connectivity index (χ0) is 20.1. The van der Waals surface area contributed by atoms with Gasteiger partial charge in [0.05, 0.1) is 6.54 Å². The lowest BCUT2D eigenvalue weighted by atomic mass is 9.98. The van der Waals surface area contributed by atoms with E-state index in [1.54, 1.807) is 0 Å². The molecule has 0 radical (unpaired) electrons. The highest BCUT2D eigenvalue weighted by Gasteiger charge is 2.21. The van der Waals surface area contributed by atoms with E-state index in [0.717, 1.165) is 48.4 Å². The summed E-state index contributed by atoms with van der Waals surface area (Å²) in [4.78, 5) is 26.7. The lowest BCUT2D eigenvalue weighted by molar-refractivity contribution is -0.114. The molecule has 2 aromatic carbocycles. The first kappa shape index (κ1) is 19.9. The molecule has 5 nitrogen and oxygen atoms in total. The summed E-state index contributed by atoms with van der Waals surface area (Å²) >= 11 is 0. The summed E-state index contributed by atoms with van der Waals surface area (Å²) < 4.78 is 0. The van der Waals surface area contributed by atoms with Crippen LogP contribution in [0.25, 0.3) is 0 Å². The summed E-state index contributed by atoms with van der Waals surface area (Å²) in [6, 6.07) is 13.3. The number of carbonyl (C=O) groups is 2. The highest BCUT2D eigenvalue weighted by molar-refractivity contribution is 5.95. The third kappa shape index (κ3) is 5.35. The number of nitrogens with zero attached hydrogens (tertiary/aromatic N) is 1. The van der Waals surface area contributed by atoms with Crippen molar-refractivity contribution < 1.29 is 9.59 Å². The average Bonchev–Trinajstić information content (AvgIpc) is 2.66. The fourth-order valence-electron chi connectivity index (χ4n) is 3.56. The summed E-state index contributed by atoms with van der Waals surface area (Å²) in [6.45, 7) is 8.09. The molecule has 0 spiro atoms. The Morgan fingerprint density at radius 1 is 0.964 bits per heavy atom. The van der Waals surface area contributed by atoms with Crippen LogP contribution in [0.5, 0.6) is 0 Å². The van der Waals surface area contributed by atoms with Crippen LogP contribution in [0.4, 0.5) is 11.4 Å². The van der Waals surface area contributed by atoms with E-state index >= 15 is 0 Å². The average molecular weight is 380 g/mol. The first-order valence-corrected chi connectivity index (χ1v) is 9.92. The largest absolute Gasteiger partial charge is 0.376 e. The lowest BCUT2D eigenvalue weighted by Gasteiger charge is -2.30. The molecule has 1 fully saturated rings. The van der Waals surface area contributed by atoms with Crippen LogP contribution in [0.1, 0.15) is 41.3 Å². The second-order valence-corrected chi connectivity index (χ2v) is 7.83. The molecule has 1 heterocycles. The number of hydrogen-bond donors (Lipinski definition) is 2. The van der Waals surface area contributed by atoms with Gasteiger partial charge in [0, 0.05) is 30.0 Å². The van der Waals surface area contributed by atoms with Crippen molar-refractivity contribution in [1.29, 1.82) is 0 Å². The SMILES string of the molecule is Cc1cc(C)cc(NC(=O)CNc2ccc(C(=O)N3CCC(C)CC3)cc2)c1. The van der Waals surface area contributed by atoms with Crippen molar-refractivity contribution in [1.82, 2.24) is 4.90 Å². The van der Waals surface area contributed by atoms with E-state index in [4.69, 9.17) is 0 Å². The minimum absolute atomic E-state index is 0.0889. The molecule has 2 amide bonds. The first-order valence-electron chi connectivity index (χ1n) is 9.92. The third-order valence-corrected chi connectivity index (χ3v) is 5.16. The van der Waals surface area contributed by atoms with Gasteiger partial charge in [-0.05, 0) is 80.1 Å². The summed E-state index contributed by atoms with van der Waals surface area (Å²) in [5.74, 6) is 0.684. The van der Waals surface area contributed by atoms with Crippen LogP contribution in [-0.2, 0) is 4.79 Å². The Morgan fingerprint density at radius 3 is 2.18 bits per heavy atom. The number of amides is 2. The molecule has 3 rings (SSSR count). The summed E-state index contributed by atoms with van der Waals surface area (Å²) in [7, 11) is 0. The predicted octanol–water partition coefficient (Wildman–Crippen LogP) is 4.23. The second kappa shape index (κ2) is 8.91. The standard InChI is InChI=1S/C23H29N3O2/c1-16-8-10-26(11-9-16)23(28)19-4-6-20(7-5-19)24-15-22(27)25-21-13-17(2)12-18(3)14-21/h4-7,12-14,16,24H,8-11,15H2,1-3H3,(H,25,27). The molecule has 1 aliphatic heterocycles. The van der Waals surface area contributed by atoms with Gasteiger partial charge in [-0.15, -0.1) is 0 Å². The molecule has 0 saturated carbocycles. The van der Waals surface area contributed by atoms with Gasteiger partial charge in [0.15, 0.2) is 0 Å². The Bertz CT molecular complexity index is 817. The van der Waals surface area contributed by atoms with E-state index in [1.165, 1.54) is 0 Å². The van der Waals surface area contributed by atoms with Gasteiger partial charge in [-0.2, -0.15) is 0 Å². The van der Waals surface area contributed by atoms with E-state index in [9.17, 15) is 9.59 Å². The predicted molar refractivity (Wildman–Crippen MR) is 114 cm³/mol. The number of likely N-dealkylation sites (tertiary alicyclic amines) is 1. The van der Waals surface area contributed by atoms with Gasteiger partial charge in [0.1, 0.15) is 0 Å². The first-order chi connectivity index (χ1) is 13.4. The number of aryl methyl sites for hydroxylation is 2. The van der Waals surface area contributed by atoms with Crippen molar-refractivity contribution in [3.63, 3.8) is 0 Å². The summed E-state index contributed by atoms with van der Waals surface area (Å²) in [6.07, 6.45) is 2.14. The minimum Gasteiger partial charge on any atom is -0.376 e. The highest BCUT2D eigenvalue weighted by Crippen LogP contribution is 2.19. The van der Waals surface area contributed by atoms with Gasteiger partial charge >= 0.3 is 0 Å². The molecule has 1 saturated heterocycles. The van der Waals surface area contributed by atoms with Gasteiger partial charge in [0.2, 0.25) is 5.91 Å². The normalized spacial score (nSPS) is 14.6. The van der Waals surface area contributed by atoms with Gasteiger partial charge in [-0.1, -0.05) is 13.0 Å². The molecule has 2 aromatic rings. The molecule has 0 aromatic heterocycles. The number of piperidine rings is 1. The lowest BCUT2D eigenvalue weighted by Crippen LogP contribution is -2.37. The summed E-state index contributed by atoms with van der Waals surface area (Å²) in [5, 5.41) is 6.02. The zero-order valence-electron chi connectivity index (χ0n) is 16.9. The fourth-order valence-corrected chi connectivity index (χ4v) is 3.56. The van der Waals surface area contributed by atoms with Crippen LogP contribution in [0.15, 0.2) is 42.5 Å². The molecule has 0 bridgehead atoms. The molecule has 148 valence electrons. The van der Waals surface area contributed by atoms with Gasteiger partial charge < -0.3 is 15.5 Å². The molecule has 28 heavy (non-hydrogen) atoms. The molecule has 0 aliphatic carbocycles. The van der Waals surface area contributed by atoms with Crippen molar-refractivity contribution in [3.05, 3.63) is 59.2 Å². The zero-order valence-corrected chi connectivity index (χ0v) is 16.9. The summed E-state index contributed by atoms with van der Waals surface area (Å²) in [5.41, 5.74) is 4.55. The monoisotopic (exact) mass is 379 g/mol. The van der Waals surface area contributed by atoms with Crippen molar-refractivity contribution in [2.75, 3.05) is 30.3 Å². The quantitative estimate of drug-likeness (QED) is 0.817. The van der Waals surface area contributed by atoms with Crippen LogP contribution in [0, 0.1) is 19.8 Å². The van der Waals surface area contributed by atoms with Crippen molar-refractivity contribution in [2.24, 2.45) is 5.92 Å². The van der Waals surface area contributed by atoms with E-state index < -0.39 is 0 Å². The molecular weight excluding hydrogens is 350 g/mol. The van der Waals surface area contributed by atoms with Crippen LogP contribution >= 0.6 is 0 Å². The molecule has 0 atom stereocenters. The van der Waals surface area contributed by atoms with Crippen LogP contribution in [0.2, 0.25) is 0 Å². The highest BCUT2D eigenvalue weighted by atomic mass is 16.2. The number of carbonyl (C=O) groups excluding carboxylic acids is 2. The molecule has 5 heteroatoms. The fraction of sp³-hybridized carbons (Fsp3) is 0.391. The smallest absolute Gasteiger partial charge is 0.253 e. The van der Waals surface area contributed by atoms with E-state index in [0.29, 0.717) is 11.5 Å². The topological polar surface area (TPSA) is 61.4 Å². The van der Waals surface area contributed by atoms with Crippen LogP contribution < -0.4 is 10.6 Å². The molecule has 2 N–H and O–H groups in total. The molecule has 0 unspecified atom stereocenters. The maximum atomic E-state index is 12.6. The number of benzene rings is 2. The minimum atomic E-state index is -0.104. The van der Waals surface area contributed by atoms with E-state index in [2.05, 4.69) is 23.6 Å². The number of hydrogen-bond acceptors (Lipinski definition) is 3. The maximum Gasteiger partial charge on any atom is 0.253 e. The Balaban J connectivity index is 1.51. The van der Waals surface area contributed by atoms with Crippen molar-refractivity contribution >= 4 is 23.2 Å². The number of rotatable bonds is 5. The Morgan fingerprint density at radius 2 is 1.57 bits per heavy atom. The van der Waals surface area contributed by atoms with Crippen molar-refractivity contribution in [3.8, 4) is 0 Å². The van der Waals surface area contributed by atoms with Gasteiger partial charge in [0.25, 0.3) is 5.91 Å². The number of anilines is 2. The Kier molecular flexibility index (Phi) is 6.34.